The van der Waals surface area contributed by atoms with Gasteiger partial charge < -0.3 is 4.57 Å². The summed E-state index contributed by atoms with van der Waals surface area (Å²) in [5.74, 6) is 0. The molecule has 0 unspecified atom stereocenters. The molecule has 0 amide bonds. The minimum Gasteiger partial charge on any atom is -0.302 e. The molecule has 0 saturated heterocycles. The monoisotopic (exact) mass is 580 g/mol. The molecule has 0 fully saturated rings. The molecule has 220 valence electrons. The molecule has 0 saturated carbocycles. The summed E-state index contributed by atoms with van der Waals surface area (Å²) in [6, 6.07) is 26.4. The van der Waals surface area contributed by atoms with Crippen LogP contribution in [0.15, 0.2) is 85.2 Å². The Labute approximate surface area is 250 Å². The smallest absolute Gasteiger partial charge is 0.302 e. The minimum absolute atomic E-state index is 0.116. The molecule has 43 heavy (non-hydrogen) atoms. The molecule has 0 N–H and O–H groups in total. The molecule has 6 heteroatoms. The fourth-order valence-corrected chi connectivity index (χ4v) is 6.37. The number of para-hydroxylation sites is 2. The molecule has 6 aromatic rings. The van der Waals surface area contributed by atoms with E-state index in [0.717, 1.165) is 44.4 Å². The Hall–Kier alpha value is -4.19. The zero-order chi connectivity index (χ0) is 30.9. The lowest BCUT2D eigenvalue weighted by atomic mass is 9.80. The Morgan fingerprint density at radius 1 is 0.767 bits per heavy atom. The van der Waals surface area contributed by atoms with Crippen molar-refractivity contribution in [2.24, 2.45) is 12.5 Å². The molecular weight excluding hydrogens is 543 g/mol. The lowest BCUT2D eigenvalue weighted by molar-refractivity contribution is -0.662. The molecule has 0 aliphatic rings. The maximum atomic E-state index is 14.2. The molecule has 3 nitrogen and oxygen atoms in total. The van der Waals surface area contributed by atoms with Crippen LogP contribution in [0.25, 0.3) is 49.7 Å². The zero-order valence-electron chi connectivity index (χ0n) is 25.8. The van der Waals surface area contributed by atoms with Crippen molar-refractivity contribution in [3.8, 4) is 16.9 Å². The molecule has 6 rings (SSSR count). The van der Waals surface area contributed by atoms with Crippen molar-refractivity contribution in [1.29, 1.82) is 0 Å². The van der Waals surface area contributed by atoms with E-state index in [1.54, 1.807) is 0 Å². The van der Waals surface area contributed by atoms with Crippen LogP contribution in [0.1, 0.15) is 51.3 Å². The maximum Gasteiger partial charge on any atom is 0.394 e. The number of hydrogen-bond acceptors (Lipinski definition) is 1. The number of aromatic nitrogens is 3. The van der Waals surface area contributed by atoms with Crippen LogP contribution < -0.4 is 4.57 Å². The molecule has 0 aliphatic heterocycles. The molecule has 4 aromatic carbocycles. The van der Waals surface area contributed by atoms with Crippen molar-refractivity contribution in [3.05, 3.63) is 102 Å². The van der Waals surface area contributed by atoms with Crippen LogP contribution in [0.2, 0.25) is 0 Å². The van der Waals surface area contributed by atoms with Crippen molar-refractivity contribution in [1.82, 2.24) is 9.55 Å². The number of halogens is 3. The molecule has 2 heterocycles. The Morgan fingerprint density at radius 2 is 1.40 bits per heavy atom. The van der Waals surface area contributed by atoms with Gasteiger partial charge in [0, 0.05) is 11.3 Å². The Morgan fingerprint density at radius 3 is 2.05 bits per heavy atom. The molecule has 0 spiro atoms. The predicted molar refractivity (Wildman–Crippen MR) is 170 cm³/mol. The Balaban J connectivity index is 1.80. The molecular formula is C37H37F3N3+. The summed E-state index contributed by atoms with van der Waals surface area (Å²) in [5.41, 5.74) is 6.34. The lowest BCUT2D eigenvalue weighted by Gasteiger charge is -2.28. The number of nitrogens with zero attached hydrogens (tertiary/aromatic N) is 3. The third-order valence-electron chi connectivity index (χ3n) is 8.77. The predicted octanol–water partition coefficient (Wildman–Crippen LogP) is 9.56. The fourth-order valence-electron chi connectivity index (χ4n) is 6.37. The number of alkyl halides is 3. The first-order chi connectivity index (χ1) is 20.2. The average Bonchev–Trinajstić information content (AvgIpc) is 3.28. The summed E-state index contributed by atoms with van der Waals surface area (Å²) in [4.78, 5) is 4.91. The second-order valence-corrected chi connectivity index (χ2v) is 13.3. The van der Waals surface area contributed by atoms with Crippen molar-refractivity contribution in [2.45, 2.75) is 59.6 Å². The van der Waals surface area contributed by atoms with E-state index in [1.807, 2.05) is 66.5 Å². The van der Waals surface area contributed by atoms with E-state index < -0.39 is 11.6 Å². The van der Waals surface area contributed by atoms with Gasteiger partial charge in [-0.1, -0.05) is 89.2 Å². The normalized spacial score (nSPS) is 13.0. The molecule has 0 bridgehead atoms. The van der Waals surface area contributed by atoms with Crippen LogP contribution in [0, 0.1) is 12.3 Å². The molecule has 0 atom stereocenters. The average molecular weight is 581 g/mol. The van der Waals surface area contributed by atoms with Gasteiger partial charge in [0.2, 0.25) is 5.52 Å². The minimum atomic E-state index is -4.35. The standard InChI is InChI=1S/C37H37F3N3/c1-23-26-17-11-12-18-27(26)30(35(2,3)4)20-29(23)33-34-31(41-22-42(33)7)28-19-13-14-24(21-36(5,6)37(38,39)40)32(28)43(34)25-15-9-8-10-16-25/h8-20,22H,21H2,1-7H3/q+1. The zero-order valence-corrected chi connectivity index (χ0v) is 25.8. The summed E-state index contributed by atoms with van der Waals surface area (Å²) in [6.45, 7) is 11.4. The van der Waals surface area contributed by atoms with Crippen molar-refractivity contribution < 1.29 is 17.7 Å². The number of aryl methyl sites for hydroxylation is 2. The van der Waals surface area contributed by atoms with Gasteiger partial charge in [0.1, 0.15) is 5.52 Å². The van der Waals surface area contributed by atoms with Crippen LogP contribution >= 0.6 is 0 Å². The number of hydrogen-bond donors (Lipinski definition) is 0. The van der Waals surface area contributed by atoms with E-state index in [0.29, 0.717) is 5.56 Å². The van der Waals surface area contributed by atoms with E-state index in [2.05, 4.69) is 62.6 Å². The molecule has 2 aromatic heterocycles. The molecule has 0 radical (unpaired) electrons. The van der Waals surface area contributed by atoms with Gasteiger partial charge in [-0.05, 0) is 75.5 Å². The van der Waals surface area contributed by atoms with E-state index >= 15 is 0 Å². The first-order valence-electron chi connectivity index (χ1n) is 14.7. The lowest BCUT2D eigenvalue weighted by Crippen LogP contribution is -2.34. The third-order valence-corrected chi connectivity index (χ3v) is 8.77. The first-order valence-corrected chi connectivity index (χ1v) is 14.7. The van der Waals surface area contributed by atoms with Crippen LogP contribution in [-0.4, -0.2) is 15.7 Å². The van der Waals surface area contributed by atoms with Crippen molar-refractivity contribution in [2.75, 3.05) is 0 Å². The Kier molecular flexibility index (Phi) is 6.68. The maximum absolute atomic E-state index is 14.2. The highest BCUT2D eigenvalue weighted by Gasteiger charge is 2.47. The SMILES string of the molecule is Cc1c(-c2c3c(nc[n+]2C)c2cccc(CC(C)(C)C(F)(F)F)c2n3-c2ccccc2)cc(C(C)(C)C)c2ccccc12. The second-order valence-electron chi connectivity index (χ2n) is 13.3. The van der Waals surface area contributed by atoms with E-state index in [9.17, 15) is 13.2 Å². The van der Waals surface area contributed by atoms with Crippen LogP contribution in [0.3, 0.4) is 0 Å². The van der Waals surface area contributed by atoms with Gasteiger partial charge in [-0.3, -0.25) is 0 Å². The van der Waals surface area contributed by atoms with Crippen molar-refractivity contribution in [3.63, 3.8) is 0 Å². The van der Waals surface area contributed by atoms with Crippen LogP contribution in [0.4, 0.5) is 13.2 Å². The topological polar surface area (TPSA) is 21.7 Å². The highest BCUT2D eigenvalue weighted by atomic mass is 19.4. The summed E-state index contributed by atoms with van der Waals surface area (Å²) in [5, 5.41) is 3.25. The number of benzene rings is 4. The largest absolute Gasteiger partial charge is 0.394 e. The summed E-state index contributed by atoms with van der Waals surface area (Å²) >= 11 is 0. The van der Waals surface area contributed by atoms with Crippen molar-refractivity contribution >= 4 is 32.7 Å². The van der Waals surface area contributed by atoms with Gasteiger partial charge in [0.25, 0.3) is 6.33 Å². The van der Waals surface area contributed by atoms with E-state index in [-0.39, 0.29) is 11.8 Å². The highest BCUT2D eigenvalue weighted by Crippen LogP contribution is 2.45. The summed E-state index contributed by atoms with van der Waals surface area (Å²) < 4.78 is 46.7. The Bertz CT molecular complexity index is 2010. The third kappa shape index (κ3) is 4.68. The fraction of sp³-hybridized carbons (Fsp3) is 0.297. The van der Waals surface area contributed by atoms with E-state index in [1.165, 1.54) is 30.2 Å². The van der Waals surface area contributed by atoms with Gasteiger partial charge in [-0.25, -0.2) is 4.57 Å². The number of fused-ring (bicyclic) bond motifs is 4. The first kappa shape index (κ1) is 28.9. The molecule has 0 aliphatic carbocycles. The van der Waals surface area contributed by atoms with Gasteiger partial charge in [0.15, 0.2) is 5.69 Å². The number of rotatable bonds is 4. The van der Waals surface area contributed by atoms with Gasteiger partial charge in [-0.2, -0.15) is 13.2 Å². The highest BCUT2D eigenvalue weighted by molar-refractivity contribution is 6.12. The van der Waals surface area contributed by atoms with Gasteiger partial charge >= 0.3 is 6.18 Å². The quantitative estimate of drug-likeness (QED) is 0.190. The van der Waals surface area contributed by atoms with E-state index in [4.69, 9.17) is 4.98 Å². The van der Waals surface area contributed by atoms with Gasteiger partial charge in [0.05, 0.1) is 23.4 Å². The second kappa shape index (κ2) is 9.94. The summed E-state index contributed by atoms with van der Waals surface area (Å²) in [6.07, 6.45) is -2.67. The van der Waals surface area contributed by atoms with Crippen LogP contribution in [0.5, 0.6) is 0 Å². The van der Waals surface area contributed by atoms with Gasteiger partial charge in [-0.15, -0.1) is 0 Å². The van der Waals surface area contributed by atoms with Crippen LogP contribution in [-0.2, 0) is 18.9 Å². The summed E-state index contributed by atoms with van der Waals surface area (Å²) in [7, 11) is 1.99.